The van der Waals surface area contributed by atoms with Crippen molar-refractivity contribution in [1.29, 1.82) is 0 Å². The van der Waals surface area contributed by atoms with Gasteiger partial charge in [0.1, 0.15) is 0 Å². The molecule has 10 nitrogen and oxygen atoms in total. The summed E-state index contributed by atoms with van der Waals surface area (Å²) in [6.45, 7) is 0. The molecule has 17 heteroatoms. The third-order valence-electron chi connectivity index (χ3n) is 1.56. The van der Waals surface area contributed by atoms with Crippen LogP contribution < -0.4 is 0 Å². The van der Waals surface area contributed by atoms with Gasteiger partial charge in [-0.25, -0.2) is 9.36 Å². The fourth-order valence-electron chi connectivity index (χ4n) is 1.03. The fourth-order valence-corrected chi connectivity index (χ4v) is 1.70. The molecular formula is C6H15Na6O10P. The van der Waals surface area contributed by atoms with Gasteiger partial charge in [-0.05, 0) is 0 Å². The molecule has 5 N–H and O–H groups in total. The molecule has 0 aliphatic carbocycles. The van der Waals surface area contributed by atoms with Crippen molar-refractivity contribution in [1.82, 2.24) is 0 Å². The van der Waals surface area contributed by atoms with E-state index in [0.717, 1.165) is 0 Å². The first-order chi connectivity index (χ1) is 7.48. The number of hydrogen-bond donors (Lipinski definition) is 5. The van der Waals surface area contributed by atoms with Crippen LogP contribution in [0.3, 0.4) is 0 Å². The fraction of sp³-hybridized carbons (Fsp3) is 0.500. The first-order valence-electron chi connectivity index (χ1n) is 3.92. The first-order valence-corrected chi connectivity index (χ1v) is 5.45. The quantitative estimate of drug-likeness (QED) is 0.199. The Morgan fingerprint density at radius 2 is 1.04 bits per heavy atom. The van der Waals surface area contributed by atoms with Gasteiger partial charge in [-0.1, -0.05) is 0 Å². The maximum atomic E-state index is 10.8. The van der Waals surface area contributed by atoms with Gasteiger partial charge < -0.3 is 25.1 Å². The zero-order valence-electron chi connectivity index (χ0n) is 8.14. The summed E-state index contributed by atoms with van der Waals surface area (Å²) >= 11 is 0. The molecule has 110 valence electrons. The molecule has 0 heterocycles. The summed E-state index contributed by atoms with van der Waals surface area (Å²) in [5.74, 6) is -5.64. The van der Waals surface area contributed by atoms with E-state index >= 15 is 0 Å². The summed E-state index contributed by atoms with van der Waals surface area (Å²) in [4.78, 5) is 48.5. The van der Waals surface area contributed by atoms with E-state index < -0.39 is 44.2 Å². The molecule has 0 bridgehead atoms. The van der Waals surface area contributed by atoms with E-state index in [0.29, 0.717) is 0 Å². The molecule has 0 fully saturated rings. The van der Waals surface area contributed by atoms with E-state index in [-0.39, 0.29) is 177 Å². The van der Waals surface area contributed by atoms with E-state index in [2.05, 4.69) is 4.52 Å². The molecule has 23 heavy (non-hydrogen) atoms. The van der Waals surface area contributed by atoms with Gasteiger partial charge in [0.05, 0.1) is 12.8 Å². The number of carbonyl (C=O) groups is 3. The zero-order valence-corrected chi connectivity index (χ0v) is 9.03. The molecule has 0 saturated carbocycles. The summed E-state index contributed by atoms with van der Waals surface area (Å²) in [5.41, 5.74) is -3.02. The Bertz CT molecular complexity index is 383. The number of phosphoric acid groups is 1. The van der Waals surface area contributed by atoms with E-state index in [1.54, 1.807) is 0 Å². The first kappa shape index (κ1) is 46.0. The molecule has 0 aromatic rings. The van der Waals surface area contributed by atoms with Crippen molar-refractivity contribution in [3.63, 3.8) is 0 Å². The van der Waals surface area contributed by atoms with Gasteiger partial charge in [0.2, 0.25) is 0 Å². The van der Waals surface area contributed by atoms with Crippen LogP contribution in [0.25, 0.3) is 0 Å². The van der Waals surface area contributed by atoms with Crippen LogP contribution in [0.1, 0.15) is 12.8 Å². The molecule has 0 amide bonds. The van der Waals surface area contributed by atoms with Gasteiger partial charge in [-0.2, -0.15) is 0 Å². The third-order valence-corrected chi connectivity index (χ3v) is 2.14. The average Bonchev–Trinajstić information content (AvgIpc) is 1.96. The van der Waals surface area contributed by atoms with E-state index in [1.807, 2.05) is 0 Å². The van der Waals surface area contributed by atoms with Crippen molar-refractivity contribution < 1.29 is 48.6 Å². The SMILES string of the molecule is O=C(O)CC(CC(=O)O)(OP(=O)(O)O)C(=O)O.[NaH].[NaH].[NaH].[NaH].[NaH].[NaH]. The standard InChI is InChI=1S/C6H9O10P.6Na.6H/c7-3(8)1-6(5(11)12,2-4(9)10)16-17(13,14)15;;;;;;;;;;;;/h1-2H2,(H,7,8)(H,9,10)(H,11,12)(H2,13,14,15);;;;;;;;;;;;. The summed E-state index contributed by atoms with van der Waals surface area (Å²) < 4.78 is 14.4. The maximum absolute atomic E-state index is 10.8. The normalized spacial score (nSPS) is 8.96. The predicted molar refractivity (Wildman–Crippen MR) is 90.9 cm³/mol. The van der Waals surface area contributed by atoms with Crippen molar-refractivity contribution in [2.45, 2.75) is 18.4 Å². The van der Waals surface area contributed by atoms with Crippen LogP contribution >= 0.6 is 7.82 Å². The minimum atomic E-state index is -5.36. The van der Waals surface area contributed by atoms with Crippen molar-refractivity contribution in [3.8, 4) is 0 Å². The summed E-state index contributed by atoms with van der Waals surface area (Å²) in [7, 11) is -5.36. The molecule has 0 radical (unpaired) electrons. The van der Waals surface area contributed by atoms with Gasteiger partial charge >= 0.3 is 203 Å². The van der Waals surface area contributed by atoms with E-state index in [9.17, 15) is 18.9 Å². The van der Waals surface area contributed by atoms with Crippen LogP contribution in [0, 0.1) is 0 Å². The molecule has 0 aromatic heterocycles. The Morgan fingerprint density at radius 1 is 0.783 bits per heavy atom. The molecule has 0 aliphatic rings. The third kappa shape index (κ3) is 22.7. The zero-order chi connectivity index (χ0) is 13.9. The number of carboxylic acids is 3. The number of phosphoric ester groups is 1. The van der Waals surface area contributed by atoms with Gasteiger partial charge in [0.25, 0.3) is 0 Å². The Morgan fingerprint density at radius 3 is 1.17 bits per heavy atom. The average molecular weight is 416 g/mol. The van der Waals surface area contributed by atoms with Gasteiger partial charge in [0, 0.05) is 0 Å². The topological polar surface area (TPSA) is 179 Å². The van der Waals surface area contributed by atoms with Crippen molar-refractivity contribution in [3.05, 3.63) is 0 Å². The second-order valence-electron chi connectivity index (χ2n) is 3.02. The Labute approximate surface area is 264 Å². The molecule has 0 spiro atoms. The second-order valence-corrected chi connectivity index (χ2v) is 4.19. The molecule has 0 atom stereocenters. The molecule has 0 saturated heterocycles. The molecule has 0 aliphatic heterocycles. The van der Waals surface area contributed by atoms with Gasteiger partial charge in [-0.15, -0.1) is 0 Å². The van der Waals surface area contributed by atoms with Crippen LogP contribution in [0.15, 0.2) is 0 Å². The molecular weight excluding hydrogens is 401 g/mol. The van der Waals surface area contributed by atoms with Crippen LogP contribution in [0.4, 0.5) is 0 Å². The van der Waals surface area contributed by atoms with Gasteiger partial charge in [0.15, 0.2) is 5.60 Å². The second kappa shape index (κ2) is 21.2. The number of carboxylic acid groups (broad SMARTS) is 3. The number of rotatable bonds is 7. The summed E-state index contributed by atoms with van der Waals surface area (Å²) in [6.07, 6.45) is -2.81. The number of hydrogen-bond acceptors (Lipinski definition) is 5. The predicted octanol–water partition coefficient (Wildman–Crippen LogP) is -5.02. The monoisotopic (exact) mass is 416 g/mol. The number of aliphatic carboxylic acids is 3. The van der Waals surface area contributed by atoms with Crippen LogP contribution in [-0.2, 0) is 23.5 Å². The van der Waals surface area contributed by atoms with Crippen molar-refractivity contribution in [2.75, 3.05) is 0 Å². The van der Waals surface area contributed by atoms with Crippen LogP contribution in [0.5, 0.6) is 0 Å². The van der Waals surface area contributed by atoms with Crippen LogP contribution in [0.2, 0.25) is 0 Å². The van der Waals surface area contributed by atoms with E-state index in [4.69, 9.17) is 25.1 Å². The van der Waals surface area contributed by atoms with E-state index in [1.165, 1.54) is 0 Å². The molecule has 0 aromatic carbocycles. The molecule has 0 unspecified atom stereocenters. The summed E-state index contributed by atoms with van der Waals surface area (Å²) in [6, 6.07) is 0. The van der Waals surface area contributed by atoms with Crippen molar-refractivity contribution >= 4 is 203 Å². The van der Waals surface area contributed by atoms with Crippen molar-refractivity contribution in [2.24, 2.45) is 0 Å². The summed E-state index contributed by atoms with van der Waals surface area (Å²) in [5, 5.41) is 25.5. The minimum absolute atomic E-state index is 0. The van der Waals surface area contributed by atoms with Gasteiger partial charge in [-0.3, -0.25) is 14.1 Å². The Hall–Kier alpha value is 4.52. The Kier molecular flexibility index (Phi) is 42.4. The molecule has 0 rings (SSSR count). The van der Waals surface area contributed by atoms with Crippen LogP contribution in [-0.4, -0.2) is 226 Å². The Balaban J connectivity index is -0.0000000853.